The van der Waals surface area contributed by atoms with Gasteiger partial charge in [-0.2, -0.15) is 0 Å². The predicted octanol–water partition coefficient (Wildman–Crippen LogP) is 5.28. The van der Waals surface area contributed by atoms with Crippen molar-refractivity contribution in [1.82, 2.24) is 24.4 Å². The molecule has 1 saturated heterocycles. The maximum absolute atomic E-state index is 14.7. The van der Waals surface area contributed by atoms with E-state index in [4.69, 9.17) is 23.9 Å². The minimum Gasteiger partial charge on any atom is -0.459 e. The van der Waals surface area contributed by atoms with Gasteiger partial charge in [-0.1, -0.05) is 84.9 Å². The normalized spacial score (nSPS) is 17.9. The summed E-state index contributed by atoms with van der Waals surface area (Å²) >= 11 is 0. The second-order valence-corrected chi connectivity index (χ2v) is 12.6. The zero-order valence-electron chi connectivity index (χ0n) is 29.7. The maximum atomic E-state index is 14.7. The van der Waals surface area contributed by atoms with Crippen molar-refractivity contribution in [2.24, 2.45) is 4.99 Å². The van der Waals surface area contributed by atoms with E-state index in [2.05, 4.69) is 15.0 Å². The highest BCUT2D eigenvalue weighted by Gasteiger charge is 2.52. The lowest BCUT2D eigenvalue weighted by atomic mass is 10.1. The van der Waals surface area contributed by atoms with E-state index in [-0.39, 0.29) is 39.4 Å². The van der Waals surface area contributed by atoms with Crippen molar-refractivity contribution in [1.29, 1.82) is 0 Å². The summed E-state index contributed by atoms with van der Waals surface area (Å²) in [6.07, 6.45) is -2.90. The number of benzene rings is 4. The molecule has 55 heavy (non-hydrogen) atoms. The number of fused-ring (bicyclic) bond motifs is 1. The van der Waals surface area contributed by atoms with Gasteiger partial charge in [-0.25, -0.2) is 34.3 Å². The van der Waals surface area contributed by atoms with Crippen LogP contribution in [0.3, 0.4) is 0 Å². The summed E-state index contributed by atoms with van der Waals surface area (Å²) < 4.78 is 25.7. The van der Waals surface area contributed by atoms with Crippen molar-refractivity contribution in [3.63, 3.8) is 0 Å². The van der Waals surface area contributed by atoms with Crippen molar-refractivity contribution in [2.75, 3.05) is 20.7 Å². The van der Waals surface area contributed by atoms with Gasteiger partial charge in [-0.3, -0.25) is 9.36 Å². The minimum atomic E-state index is -1.50. The van der Waals surface area contributed by atoms with Gasteiger partial charge in [0.05, 0.1) is 23.0 Å². The van der Waals surface area contributed by atoms with E-state index >= 15 is 0 Å². The van der Waals surface area contributed by atoms with Crippen LogP contribution in [0.25, 0.3) is 22.4 Å². The highest BCUT2D eigenvalue weighted by Crippen LogP contribution is 2.37. The first-order valence-electron chi connectivity index (χ1n) is 17.2. The first-order chi connectivity index (χ1) is 26.8. The molecule has 0 spiro atoms. The first-order valence-corrected chi connectivity index (χ1v) is 17.2. The van der Waals surface area contributed by atoms with Crippen molar-refractivity contribution in [3.05, 3.63) is 155 Å². The molecule has 1 aliphatic heterocycles. The molecule has 276 valence electrons. The Bertz CT molecular complexity index is 2390. The summed E-state index contributed by atoms with van der Waals surface area (Å²) in [6, 6.07) is 33.4. The fourth-order valence-electron chi connectivity index (χ4n) is 5.96. The molecule has 6 aromatic rings. The Labute approximate surface area is 314 Å². The Morgan fingerprint density at radius 2 is 1.27 bits per heavy atom. The average molecular weight is 739 g/mol. The molecule has 0 unspecified atom stereocenters. The first kappa shape index (κ1) is 36.3. The summed E-state index contributed by atoms with van der Waals surface area (Å²) in [5.41, 5.74) is 0.581. The number of aromatic nitrogens is 4. The monoisotopic (exact) mass is 738 g/mol. The zero-order chi connectivity index (χ0) is 38.3. The number of hydrogen-bond donors (Lipinski definition) is 0. The van der Waals surface area contributed by atoms with Crippen LogP contribution >= 0.6 is 0 Å². The summed E-state index contributed by atoms with van der Waals surface area (Å²) in [6.45, 7) is -0.451. The van der Waals surface area contributed by atoms with Crippen LogP contribution < -0.4 is 5.56 Å². The molecule has 7 rings (SSSR count). The Morgan fingerprint density at radius 1 is 0.745 bits per heavy atom. The van der Waals surface area contributed by atoms with Gasteiger partial charge in [0.25, 0.3) is 5.56 Å². The highest BCUT2D eigenvalue weighted by molar-refractivity contribution is 5.91. The van der Waals surface area contributed by atoms with Gasteiger partial charge in [0.1, 0.15) is 24.7 Å². The Kier molecular flexibility index (Phi) is 10.8. The number of nitrogens with zero attached hydrogens (tertiary/aromatic N) is 6. The van der Waals surface area contributed by atoms with Crippen LogP contribution in [0.2, 0.25) is 0 Å². The van der Waals surface area contributed by atoms with Gasteiger partial charge in [-0.05, 0) is 36.4 Å². The van der Waals surface area contributed by atoms with E-state index in [1.807, 2.05) is 0 Å². The van der Waals surface area contributed by atoms with E-state index in [1.54, 1.807) is 140 Å². The number of ether oxygens (including phenoxy) is 4. The average Bonchev–Trinajstić information content (AvgIpc) is 3.54. The van der Waals surface area contributed by atoms with Crippen LogP contribution in [0.1, 0.15) is 37.3 Å². The van der Waals surface area contributed by atoms with Gasteiger partial charge >= 0.3 is 17.9 Å². The SMILES string of the molecule is CN(C)/C=N\c1ncnc2c1nc(-c1ccccc1)c(=O)n2[C@@H]1O[C@H](COC(=O)c2ccccc2)[C@@H](OC(=O)c2ccccc2)[C@H]1OC(=O)c1ccccc1. The Balaban J connectivity index is 1.40. The van der Waals surface area contributed by atoms with E-state index in [9.17, 15) is 19.2 Å². The van der Waals surface area contributed by atoms with Crippen molar-refractivity contribution < 1.29 is 33.3 Å². The topological polar surface area (TPSA) is 164 Å². The smallest absolute Gasteiger partial charge is 0.338 e. The number of hydrogen-bond acceptors (Lipinski definition) is 12. The summed E-state index contributed by atoms with van der Waals surface area (Å²) in [7, 11) is 3.57. The maximum Gasteiger partial charge on any atom is 0.338 e. The third-order valence-electron chi connectivity index (χ3n) is 8.55. The predicted molar refractivity (Wildman–Crippen MR) is 201 cm³/mol. The van der Waals surface area contributed by atoms with Gasteiger partial charge in [0, 0.05) is 19.7 Å². The number of esters is 3. The molecular formula is C41H34N6O8. The molecule has 0 saturated carbocycles. The molecule has 1 fully saturated rings. The fourth-order valence-corrected chi connectivity index (χ4v) is 5.96. The molecule has 14 nitrogen and oxygen atoms in total. The second kappa shape index (κ2) is 16.3. The lowest BCUT2D eigenvalue weighted by Gasteiger charge is -2.26. The standard InChI is InChI=1S/C41H34N6O8/c1-46(2)25-44-35-32-36(43-24-42-35)47(37(48)31(45-32)26-15-7-3-8-16-26)38-34(55-41(51)29-21-13-6-14-22-29)33(54-40(50)28-19-11-5-12-20-28)30(53-38)23-52-39(49)27-17-9-4-10-18-27/h3-22,24-25,30,33-34,38H,23H2,1-2H3/b44-25-/t30-,33-,34-,38-/m1/s1. The molecule has 0 N–H and O–H groups in total. The minimum absolute atomic E-state index is 0.00211. The molecular weight excluding hydrogens is 704 g/mol. The number of rotatable bonds is 11. The van der Waals surface area contributed by atoms with Gasteiger partial charge in [-0.15, -0.1) is 0 Å². The molecule has 0 bridgehead atoms. The quantitative estimate of drug-likeness (QED) is 0.0732. The number of carbonyl (C=O) groups excluding carboxylic acids is 3. The molecule has 0 amide bonds. The van der Waals surface area contributed by atoms with E-state index in [1.165, 1.54) is 17.2 Å². The van der Waals surface area contributed by atoms with Crippen molar-refractivity contribution >= 4 is 41.2 Å². The third kappa shape index (κ3) is 7.99. The number of aliphatic imine (C=N–C) groups is 1. The van der Waals surface area contributed by atoms with Crippen LogP contribution in [-0.4, -0.2) is 87.7 Å². The van der Waals surface area contributed by atoms with Gasteiger partial charge in [0.2, 0.25) is 0 Å². The van der Waals surface area contributed by atoms with Crippen LogP contribution in [0.15, 0.2) is 137 Å². The summed E-state index contributed by atoms with van der Waals surface area (Å²) in [5, 5.41) is 0. The Hall–Kier alpha value is -7.06. The molecule has 14 heteroatoms. The summed E-state index contributed by atoms with van der Waals surface area (Å²) in [4.78, 5) is 75.1. The fraction of sp³-hybridized carbons (Fsp3) is 0.171. The zero-order valence-corrected chi connectivity index (χ0v) is 29.7. The lowest BCUT2D eigenvalue weighted by molar-refractivity contribution is -0.0617. The van der Waals surface area contributed by atoms with Crippen molar-refractivity contribution in [2.45, 2.75) is 24.5 Å². The van der Waals surface area contributed by atoms with E-state index in [0.29, 0.717) is 5.56 Å². The van der Waals surface area contributed by atoms with Crippen LogP contribution in [0, 0.1) is 0 Å². The number of carbonyl (C=O) groups is 3. The molecule has 4 aromatic carbocycles. The largest absolute Gasteiger partial charge is 0.459 e. The highest BCUT2D eigenvalue weighted by atomic mass is 16.7. The van der Waals surface area contributed by atoms with Gasteiger partial charge in [0.15, 0.2) is 35.4 Å². The van der Waals surface area contributed by atoms with Crippen LogP contribution in [-0.2, 0) is 18.9 Å². The molecule has 1 aliphatic rings. The Morgan fingerprint density at radius 3 is 1.84 bits per heavy atom. The molecule has 0 radical (unpaired) electrons. The molecule has 2 aromatic heterocycles. The van der Waals surface area contributed by atoms with Crippen LogP contribution in [0.5, 0.6) is 0 Å². The molecule has 4 atom stereocenters. The van der Waals surface area contributed by atoms with Crippen LogP contribution in [0.4, 0.5) is 5.82 Å². The third-order valence-corrected chi connectivity index (χ3v) is 8.55. The molecule has 3 heterocycles. The van der Waals surface area contributed by atoms with E-state index < -0.39 is 54.6 Å². The van der Waals surface area contributed by atoms with Gasteiger partial charge < -0.3 is 23.8 Å². The van der Waals surface area contributed by atoms with Crippen molar-refractivity contribution in [3.8, 4) is 11.3 Å². The van der Waals surface area contributed by atoms with E-state index in [0.717, 1.165) is 0 Å². The second-order valence-electron chi connectivity index (χ2n) is 12.6. The lowest BCUT2D eigenvalue weighted by Crippen LogP contribution is -2.42. The summed E-state index contributed by atoms with van der Waals surface area (Å²) in [5.74, 6) is -2.09. The molecule has 0 aliphatic carbocycles.